The lowest BCUT2D eigenvalue weighted by Gasteiger charge is -2.12. The van der Waals surface area contributed by atoms with E-state index in [1.165, 1.54) is 6.07 Å². The highest BCUT2D eigenvalue weighted by Crippen LogP contribution is 2.20. The molecule has 0 atom stereocenters. The highest BCUT2D eigenvalue weighted by atomic mass is 19.1. The van der Waals surface area contributed by atoms with Crippen molar-refractivity contribution in [2.24, 2.45) is 0 Å². The standard InChI is InChI=1S/C20H16F2N2O2/c21-15-8-9-19(18(22)11-15)26-13-14-5-1-2-7-17(14)20(25)24-12-16-6-3-4-10-23-16/h1-11H,12-13H2,(H,24,25). The summed E-state index contributed by atoms with van der Waals surface area (Å²) < 4.78 is 32.0. The van der Waals surface area contributed by atoms with E-state index in [-0.39, 0.29) is 18.3 Å². The maximum atomic E-state index is 13.7. The van der Waals surface area contributed by atoms with Crippen LogP contribution < -0.4 is 10.1 Å². The van der Waals surface area contributed by atoms with Crippen molar-refractivity contribution in [2.45, 2.75) is 13.2 Å². The van der Waals surface area contributed by atoms with E-state index in [0.717, 1.165) is 17.8 Å². The van der Waals surface area contributed by atoms with E-state index in [2.05, 4.69) is 10.3 Å². The third kappa shape index (κ3) is 4.42. The summed E-state index contributed by atoms with van der Waals surface area (Å²) in [6.07, 6.45) is 1.65. The van der Waals surface area contributed by atoms with E-state index in [4.69, 9.17) is 4.74 Å². The Balaban J connectivity index is 1.68. The van der Waals surface area contributed by atoms with Gasteiger partial charge in [-0.2, -0.15) is 0 Å². The fourth-order valence-corrected chi connectivity index (χ4v) is 2.38. The van der Waals surface area contributed by atoms with Gasteiger partial charge in [-0.1, -0.05) is 24.3 Å². The van der Waals surface area contributed by atoms with Crippen LogP contribution in [0.2, 0.25) is 0 Å². The highest BCUT2D eigenvalue weighted by Gasteiger charge is 2.12. The molecule has 1 aromatic heterocycles. The summed E-state index contributed by atoms with van der Waals surface area (Å²) in [4.78, 5) is 16.6. The molecule has 132 valence electrons. The zero-order chi connectivity index (χ0) is 18.4. The summed E-state index contributed by atoms with van der Waals surface area (Å²) in [5.74, 6) is -1.82. The molecule has 26 heavy (non-hydrogen) atoms. The zero-order valence-corrected chi connectivity index (χ0v) is 13.8. The summed E-state index contributed by atoms with van der Waals surface area (Å²) in [6, 6.07) is 15.4. The first-order chi connectivity index (χ1) is 12.6. The summed E-state index contributed by atoms with van der Waals surface area (Å²) in [5.41, 5.74) is 1.75. The van der Waals surface area contributed by atoms with Crippen molar-refractivity contribution < 1.29 is 18.3 Å². The van der Waals surface area contributed by atoms with Gasteiger partial charge in [-0.15, -0.1) is 0 Å². The second-order valence-corrected chi connectivity index (χ2v) is 5.52. The molecule has 0 unspecified atom stereocenters. The van der Waals surface area contributed by atoms with E-state index in [0.29, 0.717) is 17.7 Å². The molecule has 6 heteroatoms. The van der Waals surface area contributed by atoms with Crippen molar-refractivity contribution in [1.29, 1.82) is 0 Å². The van der Waals surface area contributed by atoms with Crippen LogP contribution in [0.5, 0.6) is 5.75 Å². The number of rotatable bonds is 6. The number of amides is 1. The topological polar surface area (TPSA) is 51.2 Å². The van der Waals surface area contributed by atoms with Crippen molar-refractivity contribution in [3.63, 3.8) is 0 Å². The van der Waals surface area contributed by atoms with Gasteiger partial charge in [0, 0.05) is 23.4 Å². The van der Waals surface area contributed by atoms with E-state index < -0.39 is 11.6 Å². The molecule has 0 bridgehead atoms. The van der Waals surface area contributed by atoms with Crippen molar-refractivity contribution in [3.05, 3.63) is 95.3 Å². The number of benzene rings is 2. The number of pyridine rings is 1. The molecule has 0 spiro atoms. The fraction of sp³-hybridized carbons (Fsp3) is 0.100. The molecule has 1 amide bonds. The summed E-state index contributed by atoms with van der Waals surface area (Å²) >= 11 is 0. The number of aromatic nitrogens is 1. The third-order valence-electron chi connectivity index (χ3n) is 3.70. The monoisotopic (exact) mass is 354 g/mol. The van der Waals surface area contributed by atoms with Crippen LogP contribution in [0.4, 0.5) is 8.78 Å². The predicted octanol–water partition coefficient (Wildman–Crippen LogP) is 3.87. The number of hydrogen-bond donors (Lipinski definition) is 1. The number of halogens is 2. The van der Waals surface area contributed by atoms with Gasteiger partial charge in [0.2, 0.25) is 0 Å². The first kappa shape index (κ1) is 17.5. The average molecular weight is 354 g/mol. The number of carbonyl (C=O) groups is 1. The summed E-state index contributed by atoms with van der Waals surface area (Å²) in [5, 5.41) is 2.79. The van der Waals surface area contributed by atoms with E-state index >= 15 is 0 Å². The van der Waals surface area contributed by atoms with Gasteiger partial charge in [-0.25, -0.2) is 8.78 Å². The lowest BCUT2D eigenvalue weighted by atomic mass is 10.1. The minimum atomic E-state index is -0.790. The lowest BCUT2D eigenvalue weighted by molar-refractivity contribution is 0.0948. The molecule has 4 nitrogen and oxygen atoms in total. The Kier molecular flexibility index (Phi) is 5.53. The molecule has 0 radical (unpaired) electrons. The molecule has 0 saturated carbocycles. The Hall–Kier alpha value is -3.28. The molecule has 0 fully saturated rings. The van der Waals surface area contributed by atoms with Crippen molar-refractivity contribution in [2.75, 3.05) is 0 Å². The maximum Gasteiger partial charge on any atom is 0.252 e. The van der Waals surface area contributed by atoms with Crippen molar-refractivity contribution in [3.8, 4) is 5.75 Å². The van der Waals surface area contributed by atoms with Crippen LogP contribution in [0.25, 0.3) is 0 Å². The van der Waals surface area contributed by atoms with Gasteiger partial charge < -0.3 is 10.1 Å². The first-order valence-corrected chi connectivity index (χ1v) is 7.97. The van der Waals surface area contributed by atoms with Gasteiger partial charge in [-0.3, -0.25) is 9.78 Å². The number of ether oxygens (including phenoxy) is 1. The Morgan fingerprint density at radius 3 is 2.62 bits per heavy atom. The Labute approximate surface area is 149 Å². The minimum absolute atomic E-state index is 0.0181. The quantitative estimate of drug-likeness (QED) is 0.731. The van der Waals surface area contributed by atoms with Gasteiger partial charge in [0.25, 0.3) is 5.91 Å². The molecule has 2 aromatic carbocycles. The normalized spacial score (nSPS) is 10.4. The smallest absolute Gasteiger partial charge is 0.252 e. The predicted molar refractivity (Wildman–Crippen MR) is 92.5 cm³/mol. The van der Waals surface area contributed by atoms with Crippen LogP contribution in [0.15, 0.2) is 66.9 Å². The Bertz CT molecular complexity index is 901. The molecular formula is C20H16F2N2O2. The van der Waals surface area contributed by atoms with E-state index in [1.807, 2.05) is 12.1 Å². The van der Waals surface area contributed by atoms with Crippen LogP contribution >= 0.6 is 0 Å². The molecule has 1 heterocycles. The van der Waals surface area contributed by atoms with Crippen LogP contribution in [0, 0.1) is 11.6 Å². The van der Waals surface area contributed by atoms with Crippen molar-refractivity contribution >= 4 is 5.91 Å². The van der Waals surface area contributed by atoms with Gasteiger partial charge >= 0.3 is 0 Å². The first-order valence-electron chi connectivity index (χ1n) is 7.97. The molecule has 0 aliphatic carbocycles. The number of hydrogen-bond acceptors (Lipinski definition) is 3. The number of nitrogens with one attached hydrogen (secondary N) is 1. The highest BCUT2D eigenvalue weighted by molar-refractivity contribution is 5.95. The fourth-order valence-electron chi connectivity index (χ4n) is 2.38. The van der Waals surface area contributed by atoms with Crippen LogP contribution in [-0.4, -0.2) is 10.9 Å². The van der Waals surface area contributed by atoms with E-state index in [9.17, 15) is 13.6 Å². The zero-order valence-electron chi connectivity index (χ0n) is 13.8. The number of nitrogens with zero attached hydrogens (tertiary/aromatic N) is 1. The molecule has 0 saturated heterocycles. The molecule has 3 rings (SSSR count). The Morgan fingerprint density at radius 1 is 1.04 bits per heavy atom. The van der Waals surface area contributed by atoms with Gasteiger partial charge in [0.1, 0.15) is 12.4 Å². The maximum absolute atomic E-state index is 13.7. The Morgan fingerprint density at radius 2 is 1.85 bits per heavy atom. The molecular weight excluding hydrogens is 338 g/mol. The van der Waals surface area contributed by atoms with Crippen LogP contribution in [0.1, 0.15) is 21.6 Å². The van der Waals surface area contributed by atoms with Gasteiger partial charge in [-0.05, 0) is 30.3 Å². The van der Waals surface area contributed by atoms with Crippen molar-refractivity contribution in [1.82, 2.24) is 10.3 Å². The van der Waals surface area contributed by atoms with E-state index in [1.54, 1.807) is 36.5 Å². The molecule has 0 aliphatic heterocycles. The minimum Gasteiger partial charge on any atom is -0.486 e. The summed E-state index contributed by atoms with van der Waals surface area (Å²) in [6.45, 7) is 0.275. The second kappa shape index (κ2) is 8.20. The molecule has 1 N–H and O–H groups in total. The second-order valence-electron chi connectivity index (χ2n) is 5.52. The molecule has 0 aliphatic rings. The van der Waals surface area contributed by atoms with Gasteiger partial charge in [0.05, 0.1) is 12.2 Å². The third-order valence-corrected chi connectivity index (χ3v) is 3.70. The largest absolute Gasteiger partial charge is 0.486 e. The van der Waals surface area contributed by atoms with Crippen LogP contribution in [-0.2, 0) is 13.2 Å². The van der Waals surface area contributed by atoms with Crippen LogP contribution in [0.3, 0.4) is 0 Å². The van der Waals surface area contributed by atoms with Gasteiger partial charge in [0.15, 0.2) is 11.6 Å². The average Bonchev–Trinajstić information content (AvgIpc) is 2.66. The lowest BCUT2D eigenvalue weighted by Crippen LogP contribution is -2.24. The molecule has 3 aromatic rings. The SMILES string of the molecule is O=C(NCc1ccccn1)c1ccccc1COc1ccc(F)cc1F. The number of carbonyl (C=O) groups excluding carboxylic acids is 1. The summed E-state index contributed by atoms with van der Waals surface area (Å²) in [7, 11) is 0.